The molecule has 1 aromatic rings. The number of anilines is 1. The van der Waals surface area contributed by atoms with Gasteiger partial charge < -0.3 is 15.0 Å². The molecule has 5 nitrogen and oxygen atoms in total. The van der Waals surface area contributed by atoms with Crippen LogP contribution in [0.25, 0.3) is 0 Å². The normalized spacial score (nSPS) is 19.7. The van der Waals surface area contributed by atoms with Crippen molar-refractivity contribution in [2.24, 2.45) is 5.92 Å². The summed E-state index contributed by atoms with van der Waals surface area (Å²) in [6, 6.07) is 7.63. The van der Waals surface area contributed by atoms with E-state index in [1.54, 1.807) is 12.0 Å². The highest BCUT2D eigenvalue weighted by Crippen LogP contribution is 2.22. The van der Waals surface area contributed by atoms with Crippen molar-refractivity contribution in [2.75, 3.05) is 25.6 Å². The van der Waals surface area contributed by atoms with Crippen LogP contribution in [0.1, 0.15) is 18.9 Å². The Hall–Kier alpha value is -1.88. The Balaban J connectivity index is 1.95. The van der Waals surface area contributed by atoms with Gasteiger partial charge in [0.2, 0.25) is 11.8 Å². The molecule has 0 aliphatic carbocycles. The van der Waals surface area contributed by atoms with E-state index in [1.807, 2.05) is 38.1 Å². The summed E-state index contributed by atoms with van der Waals surface area (Å²) in [5.74, 6) is -0.374. The van der Waals surface area contributed by atoms with Crippen LogP contribution in [0, 0.1) is 12.8 Å². The minimum atomic E-state index is -0.293. The molecule has 1 heterocycles. The van der Waals surface area contributed by atoms with Gasteiger partial charge in [-0.25, -0.2) is 0 Å². The van der Waals surface area contributed by atoms with Crippen molar-refractivity contribution >= 4 is 17.5 Å². The number of hydrogen-bond donors (Lipinski definition) is 1. The van der Waals surface area contributed by atoms with Gasteiger partial charge in [0.1, 0.15) is 0 Å². The number of nitrogens with one attached hydrogen (secondary N) is 1. The van der Waals surface area contributed by atoms with Gasteiger partial charge >= 0.3 is 0 Å². The first-order valence-electron chi connectivity index (χ1n) is 7.17. The van der Waals surface area contributed by atoms with Crippen LogP contribution in [0.5, 0.6) is 0 Å². The molecule has 1 N–H and O–H groups in total. The first-order chi connectivity index (χ1) is 10.0. The topological polar surface area (TPSA) is 58.6 Å². The lowest BCUT2D eigenvalue weighted by molar-refractivity contribution is -0.130. The molecular weight excluding hydrogens is 268 g/mol. The van der Waals surface area contributed by atoms with E-state index >= 15 is 0 Å². The summed E-state index contributed by atoms with van der Waals surface area (Å²) in [4.78, 5) is 26.0. The summed E-state index contributed by atoms with van der Waals surface area (Å²) in [6.45, 7) is 4.87. The molecule has 1 aliphatic rings. The number of hydrogen-bond acceptors (Lipinski definition) is 3. The van der Waals surface area contributed by atoms with E-state index in [1.165, 1.54) is 0 Å². The smallest absolute Gasteiger partial charge is 0.229 e. The molecule has 1 fully saturated rings. The van der Waals surface area contributed by atoms with Crippen LogP contribution < -0.4 is 5.32 Å². The lowest BCUT2D eigenvalue weighted by Crippen LogP contribution is -2.38. The number of methoxy groups -OCH3 is 1. The number of aryl methyl sites for hydroxylation is 1. The van der Waals surface area contributed by atoms with Crippen molar-refractivity contribution in [2.45, 2.75) is 26.3 Å². The van der Waals surface area contributed by atoms with E-state index < -0.39 is 0 Å². The number of amides is 2. The molecule has 1 aliphatic heterocycles. The zero-order valence-electron chi connectivity index (χ0n) is 12.8. The van der Waals surface area contributed by atoms with Crippen molar-refractivity contribution in [1.29, 1.82) is 0 Å². The first-order valence-corrected chi connectivity index (χ1v) is 7.17. The van der Waals surface area contributed by atoms with Crippen LogP contribution in [0.4, 0.5) is 5.69 Å². The molecule has 0 saturated carbocycles. The molecule has 1 aromatic carbocycles. The molecule has 0 radical (unpaired) electrons. The Kier molecular flexibility index (Phi) is 4.96. The molecule has 0 spiro atoms. The molecule has 0 aromatic heterocycles. The monoisotopic (exact) mass is 290 g/mol. The predicted octanol–water partition coefficient (Wildman–Crippen LogP) is 1.82. The van der Waals surface area contributed by atoms with Crippen molar-refractivity contribution in [1.82, 2.24) is 4.90 Å². The lowest BCUT2D eigenvalue weighted by Gasteiger charge is -2.23. The average Bonchev–Trinajstić information content (AvgIpc) is 2.84. The number of nitrogens with zero attached hydrogens (tertiary/aromatic N) is 1. The standard InChI is InChI=1S/C16H22N2O3/c1-11-4-6-14(7-5-11)17-16(20)13-8-15(19)18(9-13)12(2)10-21-3/h4-7,12-13H,8-10H2,1-3H3,(H,17,20)/t12-,13-/m0/s1. The van der Waals surface area contributed by atoms with Crippen molar-refractivity contribution < 1.29 is 14.3 Å². The molecular formula is C16H22N2O3. The second-order valence-corrected chi connectivity index (χ2v) is 5.61. The van der Waals surface area contributed by atoms with E-state index in [2.05, 4.69) is 5.32 Å². The van der Waals surface area contributed by atoms with Gasteiger partial charge in [0.25, 0.3) is 0 Å². The van der Waals surface area contributed by atoms with Crippen LogP contribution in [-0.4, -0.2) is 43.0 Å². The van der Waals surface area contributed by atoms with Gasteiger partial charge in [0, 0.05) is 25.8 Å². The van der Waals surface area contributed by atoms with Gasteiger partial charge in [-0.05, 0) is 26.0 Å². The van der Waals surface area contributed by atoms with Gasteiger partial charge in [-0.2, -0.15) is 0 Å². The fourth-order valence-corrected chi connectivity index (χ4v) is 2.55. The first kappa shape index (κ1) is 15.5. The third-order valence-corrected chi connectivity index (χ3v) is 3.79. The van der Waals surface area contributed by atoms with Gasteiger partial charge in [0.05, 0.1) is 18.6 Å². The van der Waals surface area contributed by atoms with Gasteiger partial charge in [-0.3, -0.25) is 9.59 Å². The van der Waals surface area contributed by atoms with Crippen LogP contribution in [0.15, 0.2) is 24.3 Å². The van der Waals surface area contributed by atoms with E-state index in [-0.39, 0.29) is 30.2 Å². The fraction of sp³-hybridized carbons (Fsp3) is 0.500. The SMILES string of the molecule is COC[C@H](C)N1C[C@@H](C(=O)Nc2ccc(C)cc2)CC1=O. The Morgan fingerprint density at radius 2 is 2.10 bits per heavy atom. The van der Waals surface area contributed by atoms with Crippen molar-refractivity contribution in [3.8, 4) is 0 Å². The van der Waals surface area contributed by atoms with Crippen LogP contribution in [0.3, 0.4) is 0 Å². The summed E-state index contributed by atoms with van der Waals surface area (Å²) in [5, 5.41) is 2.87. The highest BCUT2D eigenvalue weighted by Gasteiger charge is 2.36. The Labute approximate surface area is 125 Å². The van der Waals surface area contributed by atoms with Crippen LogP contribution in [-0.2, 0) is 14.3 Å². The maximum atomic E-state index is 12.2. The Morgan fingerprint density at radius 3 is 2.71 bits per heavy atom. The zero-order valence-corrected chi connectivity index (χ0v) is 12.8. The van der Waals surface area contributed by atoms with Crippen LogP contribution in [0.2, 0.25) is 0 Å². The lowest BCUT2D eigenvalue weighted by atomic mass is 10.1. The van der Waals surface area contributed by atoms with Crippen molar-refractivity contribution in [3.05, 3.63) is 29.8 Å². The highest BCUT2D eigenvalue weighted by molar-refractivity contribution is 5.97. The maximum Gasteiger partial charge on any atom is 0.229 e. The van der Waals surface area contributed by atoms with Crippen molar-refractivity contribution in [3.63, 3.8) is 0 Å². The Bertz CT molecular complexity index is 513. The zero-order chi connectivity index (χ0) is 15.4. The average molecular weight is 290 g/mol. The molecule has 114 valence electrons. The molecule has 1 saturated heterocycles. The maximum absolute atomic E-state index is 12.2. The number of carbonyl (C=O) groups is 2. The predicted molar refractivity (Wildman–Crippen MR) is 81.0 cm³/mol. The molecule has 0 bridgehead atoms. The van der Waals surface area contributed by atoms with Gasteiger partial charge in [-0.15, -0.1) is 0 Å². The second-order valence-electron chi connectivity index (χ2n) is 5.61. The minimum Gasteiger partial charge on any atom is -0.383 e. The summed E-state index contributed by atoms with van der Waals surface area (Å²) >= 11 is 0. The van der Waals surface area contributed by atoms with Crippen LogP contribution >= 0.6 is 0 Å². The summed E-state index contributed by atoms with van der Waals surface area (Å²) in [6.07, 6.45) is 0.270. The summed E-state index contributed by atoms with van der Waals surface area (Å²) in [5.41, 5.74) is 1.91. The summed E-state index contributed by atoms with van der Waals surface area (Å²) in [7, 11) is 1.61. The number of carbonyl (C=O) groups excluding carboxylic acids is 2. The van der Waals surface area contributed by atoms with Gasteiger partial charge in [-0.1, -0.05) is 17.7 Å². The van der Waals surface area contributed by atoms with E-state index in [0.29, 0.717) is 13.2 Å². The Morgan fingerprint density at radius 1 is 1.43 bits per heavy atom. The van der Waals surface area contributed by atoms with E-state index in [0.717, 1.165) is 11.3 Å². The quantitative estimate of drug-likeness (QED) is 0.900. The molecule has 21 heavy (non-hydrogen) atoms. The number of ether oxygens (including phenoxy) is 1. The third-order valence-electron chi connectivity index (χ3n) is 3.79. The number of benzene rings is 1. The second kappa shape index (κ2) is 6.72. The molecule has 5 heteroatoms. The minimum absolute atomic E-state index is 0.000301. The van der Waals surface area contributed by atoms with E-state index in [4.69, 9.17) is 4.74 Å². The molecule has 2 atom stereocenters. The number of rotatable bonds is 5. The molecule has 0 unspecified atom stereocenters. The molecule has 2 amide bonds. The third kappa shape index (κ3) is 3.82. The fourth-order valence-electron chi connectivity index (χ4n) is 2.55. The highest BCUT2D eigenvalue weighted by atomic mass is 16.5. The van der Waals surface area contributed by atoms with E-state index in [9.17, 15) is 9.59 Å². The van der Waals surface area contributed by atoms with Gasteiger partial charge in [0.15, 0.2) is 0 Å². The summed E-state index contributed by atoms with van der Waals surface area (Å²) < 4.78 is 5.07. The largest absolute Gasteiger partial charge is 0.383 e. The molecule has 2 rings (SSSR count). The number of likely N-dealkylation sites (tertiary alicyclic amines) is 1.